The maximum Gasteiger partial charge on any atom is 0.107 e. The standard InChI is InChI=1S/C15H22N2OS2/c1-4-20-13-7-5-6-12(14(13)15(16)19)17(3)11-8-9-18-10(11)2/h5-7,10-11H,4,8-9H2,1-3H3,(H2,16,19). The van der Waals surface area contributed by atoms with Crippen molar-refractivity contribution >= 4 is 34.7 Å². The highest BCUT2D eigenvalue weighted by molar-refractivity contribution is 7.99. The molecule has 0 saturated carbocycles. The molecule has 2 atom stereocenters. The fourth-order valence-electron chi connectivity index (χ4n) is 2.74. The van der Waals surface area contributed by atoms with Crippen molar-refractivity contribution in [3.8, 4) is 0 Å². The number of rotatable bonds is 5. The number of thiocarbonyl (C=S) groups is 1. The maximum absolute atomic E-state index is 5.98. The van der Waals surface area contributed by atoms with Crippen molar-refractivity contribution in [1.29, 1.82) is 0 Å². The normalized spacial score (nSPS) is 21.9. The van der Waals surface area contributed by atoms with Crippen molar-refractivity contribution in [3.05, 3.63) is 23.8 Å². The lowest BCUT2D eigenvalue weighted by molar-refractivity contribution is 0.118. The molecule has 1 aliphatic heterocycles. The van der Waals surface area contributed by atoms with E-state index in [1.807, 2.05) is 0 Å². The van der Waals surface area contributed by atoms with Crippen LogP contribution in [-0.2, 0) is 4.74 Å². The van der Waals surface area contributed by atoms with Crippen LogP contribution in [0.1, 0.15) is 25.8 Å². The van der Waals surface area contributed by atoms with Crippen LogP contribution in [0.25, 0.3) is 0 Å². The first-order valence-electron chi connectivity index (χ1n) is 6.96. The highest BCUT2D eigenvalue weighted by Gasteiger charge is 2.29. The van der Waals surface area contributed by atoms with Gasteiger partial charge in [0.1, 0.15) is 4.99 Å². The zero-order valence-corrected chi connectivity index (χ0v) is 13.9. The molecule has 0 amide bonds. The summed E-state index contributed by atoms with van der Waals surface area (Å²) in [6, 6.07) is 6.64. The van der Waals surface area contributed by atoms with Gasteiger partial charge in [-0.05, 0) is 31.2 Å². The van der Waals surface area contributed by atoms with Crippen molar-refractivity contribution in [2.24, 2.45) is 5.73 Å². The number of nitrogens with zero attached hydrogens (tertiary/aromatic N) is 1. The fraction of sp³-hybridized carbons (Fsp3) is 0.533. The van der Waals surface area contributed by atoms with Gasteiger partial charge in [0.2, 0.25) is 0 Å². The van der Waals surface area contributed by atoms with Crippen LogP contribution in [0.4, 0.5) is 5.69 Å². The topological polar surface area (TPSA) is 38.5 Å². The molecule has 5 heteroatoms. The summed E-state index contributed by atoms with van der Waals surface area (Å²) in [4.78, 5) is 3.90. The van der Waals surface area contributed by atoms with E-state index in [2.05, 4.69) is 44.0 Å². The minimum Gasteiger partial charge on any atom is -0.389 e. The van der Waals surface area contributed by atoms with Crippen molar-refractivity contribution < 1.29 is 4.74 Å². The molecule has 1 aromatic rings. The molecule has 0 aromatic heterocycles. The van der Waals surface area contributed by atoms with Crippen LogP contribution in [0, 0.1) is 0 Å². The number of nitrogens with two attached hydrogens (primary N) is 1. The van der Waals surface area contributed by atoms with Gasteiger partial charge in [-0.3, -0.25) is 0 Å². The number of anilines is 1. The molecule has 2 unspecified atom stereocenters. The quantitative estimate of drug-likeness (QED) is 0.668. The Hall–Kier alpha value is -0.780. The Bertz CT molecular complexity index is 493. The van der Waals surface area contributed by atoms with E-state index in [0.29, 0.717) is 11.0 Å². The second kappa shape index (κ2) is 6.78. The Morgan fingerprint density at radius 1 is 1.55 bits per heavy atom. The molecule has 0 aliphatic carbocycles. The first-order valence-corrected chi connectivity index (χ1v) is 8.35. The first kappa shape index (κ1) is 15.6. The molecule has 3 nitrogen and oxygen atoms in total. The van der Waals surface area contributed by atoms with Crippen LogP contribution in [0.5, 0.6) is 0 Å². The van der Waals surface area contributed by atoms with E-state index in [1.54, 1.807) is 11.8 Å². The number of likely N-dealkylation sites (N-methyl/N-ethyl adjacent to an activating group) is 1. The lowest BCUT2D eigenvalue weighted by Gasteiger charge is -2.31. The molecule has 1 heterocycles. The average Bonchev–Trinajstić information content (AvgIpc) is 2.84. The molecule has 2 N–H and O–H groups in total. The van der Waals surface area contributed by atoms with E-state index in [4.69, 9.17) is 22.7 Å². The zero-order chi connectivity index (χ0) is 14.7. The van der Waals surface area contributed by atoms with E-state index in [-0.39, 0.29) is 6.10 Å². The van der Waals surface area contributed by atoms with Gasteiger partial charge in [0, 0.05) is 29.8 Å². The molecular formula is C15H22N2OS2. The largest absolute Gasteiger partial charge is 0.389 e. The summed E-state index contributed by atoms with van der Waals surface area (Å²) in [5.74, 6) is 1.01. The van der Waals surface area contributed by atoms with E-state index >= 15 is 0 Å². The van der Waals surface area contributed by atoms with E-state index < -0.39 is 0 Å². The minimum absolute atomic E-state index is 0.238. The van der Waals surface area contributed by atoms with Gasteiger partial charge < -0.3 is 15.4 Å². The Morgan fingerprint density at radius 2 is 2.30 bits per heavy atom. The molecule has 0 bridgehead atoms. The highest BCUT2D eigenvalue weighted by atomic mass is 32.2. The van der Waals surface area contributed by atoms with Crippen LogP contribution < -0.4 is 10.6 Å². The van der Waals surface area contributed by atoms with E-state index in [1.165, 1.54) is 0 Å². The summed E-state index contributed by atoms with van der Waals surface area (Å²) in [5.41, 5.74) is 8.08. The monoisotopic (exact) mass is 310 g/mol. The van der Waals surface area contributed by atoms with Gasteiger partial charge in [-0.2, -0.15) is 0 Å². The summed E-state index contributed by atoms with van der Waals surface area (Å²) >= 11 is 7.06. The number of thioether (sulfide) groups is 1. The molecule has 1 aliphatic rings. The summed E-state index contributed by atoms with van der Waals surface area (Å²) in [6.07, 6.45) is 1.28. The molecule has 1 aromatic carbocycles. The zero-order valence-electron chi connectivity index (χ0n) is 12.3. The number of benzene rings is 1. The minimum atomic E-state index is 0.238. The molecule has 110 valence electrons. The molecule has 2 rings (SSSR count). The number of hydrogen-bond acceptors (Lipinski definition) is 4. The molecule has 0 spiro atoms. The Kier molecular flexibility index (Phi) is 5.29. The van der Waals surface area contributed by atoms with Gasteiger partial charge >= 0.3 is 0 Å². The predicted octanol–water partition coefficient (Wildman–Crippen LogP) is 3.05. The van der Waals surface area contributed by atoms with Crippen LogP contribution in [0.3, 0.4) is 0 Å². The molecule has 0 radical (unpaired) electrons. The summed E-state index contributed by atoms with van der Waals surface area (Å²) in [7, 11) is 2.10. The summed E-state index contributed by atoms with van der Waals surface area (Å²) < 4.78 is 5.68. The van der Waals surface area contributed by atoms with E-state index in [9.17, 15) is 0 Å². The van der Waals surface area contributed by atoms with Crippen LogP contribution in [0.2, 0.25) is 0 Å². The average molecular weight is 310 g/mol. The second-order valence-electron chi connectivity index (χ2n) is 4.99. The van der Waals surface area contributed by atoms with Crippen LogP contribution in [-0.4, -0.2) is 36.5 Å². The van der Waals surface area contributed by atoms with Gasteiger partial charge in [-0.1, -0.05) is 25.2 Å². The van der Waals surface area contributed by atoms with E-state index in [0.717, 1.165) is 34.9 Å². The molecule has 1 fully saturated rings. The Labute approximate surface area is 130 Å². The molecule has 1 saturated heterocycles. The van der Waals surface area contributed by atoms with Crippen molar-refractivity contribution in [2.75, 3.05) is 24.3 Å². The predicted molar refractivity (Wildman–Crippen MR) is 90.9 cm³/mol. The Balaban J connectivity index is 2.39. The number of ether oxygens (including phenoxy) is 1. The van der Waals surface area contributed by atoms with Gasteiger partial charge in [-0.15, -0.1) is 11.8 Å². The first-order chi connectivity index (χ1) is 9.56. The smallest absolute Gasteiger partial charge is 0.107 e. The van der Waals surface area contributed by atoms with Gasteiger partial charge in [0.25, 0.3) is 0 Å². The Morgan fingerprint density at radius 3 is 2.85 bits per heavy atom. The van der Waals surface area contributed by atoms with Gasteiger partial charge in [-0.25, -0.2) is 0 Å². The summed E-state index contributed by atoms with van der Waals surface area (Å²) in [6.45, 7) is 5.08. The maximum atomic E-state index is 5.98. The van der Waals surface area contributed by atoms with Gasteiger partial charge in [0.05, 0.1) is 12.1 Å². The molecule has 20 heavy (non-hydrogen) atoms. The third kappa shape index (κ3) is 3.10. The highest BCUT2D eigenvalue weighted by Crippen LogP contribution is 2.33. The third-order valence-electron chi connectivity index (χ3n) is 3.76. The van der Waals surface area contributed by atoms with Crippen LogP contribution in [0.15, 0.2) is 23.1 Å². The van der Waals surface area contributed by atoms with Crippen molar-refractivity contribution in [2.45, 2.75) is 37.3 Å². The lowest BCUT2D eigenvalue weighted by Crippen LogP contribution is -2.38. The second-order valence-corrected chi connectivity index (χ2v) is 6.74. The summed E-state index contributed by atoms with van der Waals surface area (Å²) in [5, 5.41) is 0. The van der Waals surface area contributed by atoms with Crippen LogP contribution >= 0.6 is 24.0 Å². The number of hydrogen-bond donors (Lipinski definition) is 1. The SMILES string of the molecule is CCSc1cccc(N(C)C2CCOC2C)c1C(N)=S. The van der Waals surface area contributed by atoms with Crippen molar-refractivity contribution in [1.82, 2.24) is 0 Å². The fourth-order valence-corrected chi connectivity index (χ4v) is 3.87. The van der Waals surface area contributed by atoms with Gasteiger partial charge in [0.15, 0.2) is 0 Å². The lowest BCUT2D eigenvalue weighted by atomic mass is 10.1. The molecular weight excluding hydrogens is 288 g/mol. The third-order valence-corrected chi connectivity index (χ3v) is 4.91. The van der Waals surface area contributed by atoms with Crippen molar-refractivity contribution in [3.63, 3.8) is 0 Å².